The highest BCUT2D eigenvalue weighted by Gasteiger charge is 2.15. The molecule has 6 heteroatoms. The van der Waals surface area contributed by atoms with Crippen molar-refractivity contribution in [2.24, 2.45) is 0 Å². The smallest absolute Gasteiger partial charge is 0.397 e. The van der Waals surface area contributed by atoms with E-state index in [2.05, 4.69) is 15.2 Å². The Morgan fingerprint density at radius 3 is 2.62 bits per heavy atom. The minimum Gasteiger partial charge on any atom is -0.459 e. The number of carbonyl (C=O) groups is 2. The van der Waals surface area contributed by atoms with Crippen LogP contribution in [0.3, 0.4) is 0 Å². The van der Waals surface area contributed by atoms with E-state index < -0.39 is 11.9 Å². The quantitative estimate of drug-likeness (QED) is 0.686. The van der Waals surface area contributed by atoms with Gasteiger partial charge in [0.25, 0.3) is 0 Å². The van der Waals surface area contributed by atoms with Crippen LogP contribution in [-0.4, -0.2) is 28.3 Å². The lowest BCUT2D eigenvalue weighted by molar-refractivity contribution is -0.152. The average Bonchev–Trinajstić information content (AvgIpc) is 2.89. The molecule has 0 radical (unpaired) electrons. The summed E-state index contributed by atoms with van der Waals surface area (Å²) >= 11 is 0. The lowest BCUT2D eigenvalue weighted by Gasteiger charge is -2.03. The summed E-state index contributed by atoms with van der Waals surface area (Å²) in [5, 5.41) is 6.58. The minimum absolute atomic E-state index is 0.161. The molecule has 110 valence electrons. The highest BCUT2D eigenvalue weighted by atomic mass is 16.5. The maximum atomic E-state index is 11.5. The molecule has 1 heterocycles. The molecule has 0 atom stereocenters. The maximum Gasteiger partial charge on any atom is 0.397 e. The predicted molar refractivity (Wildman–Crippen MR) is 77.8 cm³/mol. The number of rotatable bonds is 4. The van der Waals surface area contributed by atoms with E-state index in [0.29, 0.717) is 12.4 Å². The highest BCUT2D eigenvalue weighted by molar-refractivity contribution is 6.37. The molecule has 0 aliphatic rings. The summed E-state index contributed by atoms with van der Waals surface area (Å²) in [5.41, 5.74) is 2.30. The van der Waals surface area contributed by atoms with E-state index in [1.165, 1.54) is 5.56 Å². The van der Waals surface area contributed by atoms with Crippen LogP contribution < -0.4 is 5.32 Å². The van der Waals surface area contributed by atoms with E-state index in [1.807, 2.05) is 31.2 Å². The van der Waals surface area contributed by atoms with Gasteiger partial charge in [0, 0.05) is 12.3 Å². The zero-order valence-corrected chi connectivity index (χ0v) is 12.0. The number of ether oxygens (including phenoxy) is 1. The third-order valence-corrected chi connectivity index (χ3v) is 2.81. The molecule has 0 fully saturated rings. The van der Waals surface area contributed by atoms with E-state index in [0.717, 1.165) is 5.56 Å². The van der Waals surface area contributed by atoms with Gasteiger partial charge in [-0.3, -0.25) is 14.8 Å². The van der Waals surface area contributed by atoms with Gasteiger partial charge in [-0.05, 0) is 19.4 Å². The molecule has 2 aromatic rings. The Hall–Kier alpha value is -2.63. The second-order valence-corrected chi connectivity index (χ2v) is 4.56. The van der Waals surface area contributed by atoms with Gasteiger partial charge in [0.1, 0.15) is 0 Å². The molecule has 1 N–H and O–H groups in total. The van der Waals surface area contributed by atoms with Crippen molar-refractivity contribution in [1.82, 2.24) is 9.78 Å². The fourth-order valence-corrected chi connectivity index (χ4v) is 1.76. The lowest BCUT2D eigenvalue weighted by Crippen LogP contribution is -2.25. The molecule has 0 bridgehead atoms. The largest absolute Gasteiger partial charge is 0.459 e. The molecule has 21 heavy (non-hydrogen) atoms. The summed E-state index contributed by atoms with van der Waals surface area (Å²) in [6.45, 7) is 4.42. The second-order valence-electron chi connectivity index (χ2n) is 4.56. The summed E-state index contributed by atoms with van der Waals surface area (Å²) in [6, 6.07) is 9.73. The van der Waals surface area contributed by atoms with Crippen molar-refractivity contribution < 1.29 is 14.3 Å². The van der Waals surface area contributed by atoms with E-state index in [-0.39, 0.29) is 6.61 Å². The summed E-state index contributed by atoms with van der Waals surface area (Å²) in [4.78, 5) is 22.7. The molecule has 1 aromatic carbocycles. The third-order valence-electron chi connectivity index (χ3n) is 2.81. The molecule has 0 saturated carbocycles. The fourth-order valence-electron chi connectivity index (χ4n) is 1.76. The third kappa shape index (κ3) is 4.17. The van der Waals surface area contributed by atoms with Gasteiger partial charge in [-0.15, -0.1) is 0 Å². The summed E-state index contributed by atoms with van der Waals surface area (Å²) in [6.07, 6.45) is 1.74. The first-order chi connectivity index (χ1) is 10.1. The van der Waals surface area contributed by atoms with Crippen LogP contribution in [0, 0.1) is 6.92 Å². The number of aromatic nitrogens is 2. The molecule has 0 aliphatic carbocycles. The van der Waals surface area contributed by atoms with E-state index in [4.69, 9.17) is 0 Å². The number of amides is 1. The Morgan fingerprint density at radius 1 is 1.24 bits per heavy atom. The number of esters is 1. The van der Waals surface area contributed by atoms with E-state index in [1.54, 1.807) is 23.9 Å². The minimum atomic E-state index is -0.911. The Bertz CT molecular complexity index is 632. The Balaban J connectivity index is 1.96. The van der Waals surface area contributed by atoms with Crippen LogP contribution in [0.5, 0.6) is 0 Å². The van der Waals surface area contributed by atoms with Crippen molar-refractivity contribution in [3.8, 4) is 0 Å². The molecule has 0 spiro atoms. The van der Waals surface area contributed by atoms with Gasteiger partial charge in [-0.2, -0.15) is 5.10 Å². The first-order valence-corrected chi connectivity index (χ1v) is 6.65. The molecule has 6 nitrogen and oxygen atoms in total. The van der Waals surface area contributed by atoms with Gasteiger partial charge in [0.2, 0.25) is 0 Å². The van der Waals surface area contributed by atoms with E-state index in [9.17, 15) is 9.59 Å². The van der Waals surface area contributed by atoms with Crippen LogP contribution in [0.1, 0.15) is 18.1 Å². The van der Waals surface area contributed by atoms with Gasteiger partial charge in [-0.1, -0.05) is 29.8 Å². The second kappa shape index (κ2) is 6.69. The number of aryl methyl sites for hydroxylation is 1. The zero-order valence-electron chi connectivity index (χ0n) is 12.0. The van der Waals surface area contributed by atoms with Crippen molar-refractivity contribution >= 4 is 17.7 Å². The fraction of sp³-hybridized carbons (Fsp3) is 0.267. The number of benzene rings is 1. The molecular weight excluding hydrogens is 270 g/mol. The molecular formula is C15H17N3O3. The van der Waals surface area contributed by atoms with Gasteiger partial charge in [0.05, 0.1) is 13.2 Å². The number of nitrogens with zero attached hydrogens (tertiary/aromatic N) is 2. The van der Waals surface area contributed by atoms with Crippen LogP contribution in [0.25, 0.3) is 0 Å². The Kier molecular flexibility index (Phi) is 4.71. The summed E-state index contributed by atoms with van der Waals surface area (Å²) in [7, 11) is 0. The first kappa shape index (κ1) is 14.8. The number of carbonyl (C=O) groups excluding carboxylic acids is 2. The number of anilines is 1. The van der Waals surface area contributed by atoms with Crippen LogP contribution in [0.4, 0.5) is 5.82 Å². The molecule has 0 saturated heterocycles. The average molecular weight is 287 g/mol. The van der Waals surface area contributed by atoms with Crippen LogP contribution in [0.15, 0.2) is 36.5 Å². The normalized spacial score (nSPS) is 10.2. The van der Waals surface area contributed by atoms with Crippen molar-refractivity contribution in [2.45, 2.75) is 20.4 Å². The van der Waals surface area contributed by atoms with Crippen molar-refractivity contribution in [1.29, 1.82) is 0 Å². The molecule has 0 aliphatic heterocycles. The lowest BCUT2D eigenvalue weighted by atomic mass is 10.1. The van der Waals surface area contributed by atoms with Crippen molar-refractivity contribution in [2.75, 3.05) is 11.9 Å². The van der Waals surface area contributed by atoms with Gasteiger partial charge >= 0.3 is 11.9 Å². The number of hydrogen-bond acceptors (Lipinski definition) is 4. The first-order valence-electron chi connectivity index (χ1n) is 6.65. The monoisotopic (exact) mass is 287 g/mol. The SMILES string of the molecule is CCOC(=O)C(=O)Nc1ccn(Cc2ccc(C)cc2)n1. The number of nitrogens with one attached hydrogen (secondary N) is 1. The van der Waals surface area contributed by atoms with Gasteiger partial charge in [0.15, 0.2) is 5.82 Å². The molecule has 2 rings (SSSR count). The zero-order chi connectivity index (χ0) is 15.2. The van der Waals surface area contributed by atoms with Crippen molar-refractivity contribution in [3.05, 3.63) is 47.7 Å². The Labute approximate surface area is 122 Å². The summed E-state index contributed by atoms with van der Waals surface area (Å²) in [5.74, 6) is -1.41. The molecule has 1 aromatic heterocycles. The topological polar surface area (TPSA) is 73.2 Å². The van der Waals surface area contributed by atoms with Crippen molar-refractivity contribution in [3.63, 3.8) is 0 Å². The van der Waals surface area contributed by atoms with Gasteiger partial charge in [-0.25, -0.2) is 4.79 Å². The Morgan fingerprint density at radius 2 is 1.95 bits per heavy atom. The number of hydrogen-bond donors (Lipinski definition) is 1. The predicted octanol–water partition coefficient (Wildman–Crippen LogP) is 1.74. The van der Waals surface area contributed by atoms with Crippen LogP contribution in [-0.2, 0) is 20.9 Å². The molecule has 1 amide bonds. The molecule has 0 unspecified atom stereocenters. The van der Waals surface area contributed by atoms with Crippen LogP contribution >= 0.6 is 0 Å². The maximum absolute atomic E-state index is 11.5. The van der Waals surface area contributed by atoms with E-state index >= 15 is 0 Å². The highest BCUT2D eigenvalue weighted by Crippen LogP contribution is 2.08. The standard InChI is InChI=1S/C15H17N3O3/c1-3-21-15(20)14(19)16-13-8-9-18(17-13)10-12-6-4-11(2)5-7-12/h4-9H,3,10H2,1-2H3,(H,16,17,19). The van der Waals surface area contributed by atoms with Gasteiger partial charge < -0.3 is 4.74 Å². The van der Waals surface area contributed by atoms with Crippen LogP contribution in [0.2, 0.25) is 0 Å². The summed E-state index contributed by atoms with van der Waals surface area (Å²) < 4.78 is 6.29.